The molecule has 0 radical (unpaired) electrons. The molecule has 0 atom stereocenters. The Labute approximate surface area is 142 Å². The van der Waals surface area contributed by atoms with Crippen molar-refractivity contribution in [2.45, 2.75) is 39.5 Å². The molecule has 0 saturated heterocycles. The van der Waals surface area contributed by atoms with E-state index in [-0.39, 0.29) is 17.1 Å². The van der Waals surface area contributed by atoms with Crippen LogP contribution in [0.25, 0.3) is 0 Å². The number of carbonyl (C=O) groups excluding carboxylic acids is 1. The molecule has 7 heteroatoms. The molecule has 0 unspecified atom stereocenters. The van der Waals surface area contributed by atoms with Gasteiger partial charge in [-0.2, -0.15) is 0 Å². The number of anilines is 1. The van der Waals surface area contributed by atoms with E-state index in [1.807, 2.05) is 19.9 Å². The SMILES string of the molecule is CCOC(=O)c1c(C)[nH]c(C)c1S(=O)(=O)Nc1cc(C)cc(C)c1. The Kier molecular flexibility index (Phi) is 5.03. The Morgan fingerprint density at radius 3 is 2.21 bits per heavy atom. The maximum Gasteiger partial charge on any atom is 0.341 e. The summed E-state index contributed by atoms with van der Waals surface area (Å²) in [4.78, 5) is 15.0. The molecule has 1 heterocycles. The van der Waals surface area contributed by atoms with E-state index in [1.54, 1.807) is 32.9 Å². The molecular weight excluding hydrogens is 328 g/mol. The third-order valence-corrected chi connectivity index (χ3v) is 5.09. The minimum Gasteiger partial charge on any atom is -0.462 e. The first kappa shape index (κ1) is 18.1. The number of carbonyl (C=O) groups is 1. The molecule has 1 aromatic heterocycles. The first-order valence-corrected chi connectivity index (χ1v) is 9.11. The number of hydrogen-bond donors (Lipinski definition) is 2. The molecule has 1 aromatic carbocycles. The normalized spacial score (nSPS) is 11.4. The summed E-state index contributed by atoms with van der Waals surface area (Å²) in [5.74, 6) is -0.653. The van der Waals surface area contributed by atoms with Crippen LogP contribution < -0.4 is 4.72 Å². The lowest BCUT2D eigenvalue weighted by Gasteiger charge is -2.11. The maximum absolute atomic E-state index is 12.8. The van der Waals surface area contributed by atoms with E-state index in [0.29, 0.717) is 17.1 Å². The first-order valence-electron chi connectivity index (χ1n) is 7.63. The third-order valence-electron chi connectivity index (χ3n) is 3.54. The smallest absolute Gasteiger partial charge is 0.341 e. The summed E-state index contributed by atoms with van der Waals surface area (Å²) in [5, 5.41) is 0. The van der Waals surface area contributed by atoms with Gasteiger partial charge >= 0.3 is 5.97 Å². The van der Waals surface area contributed by atoms with Gasteiger partial charge < -0.3 is 9.72 Å². The third kappa shape index (κ3) is 3.62. The number of nitrogens with one attached hydrogen (secondary N) is 2. The first-order chi connectivity index (χ1) is 11.2. The van der Waals surface area contributed by atoms with Gasteiger partial charge in [0.05, 0.1) is 6.61 Å². The second-order valence-corrected chi connectivity index (χ2v) is 7.40. The number of sulfonamides is 1. The van der Waals surface area contributed by atoms with Crippen molar-refractivity contribution >= 4 is 21.7 Å². The maximum atomic E-state index is 12.8. The van der Waals surface area contributed by atoms with E-state index in [2.05, 4.69) is 9.71 Å². The Hall–Kier alpha value is -2.28. The minimum absolute atomic E-state index is 0.0474. The van der Waals surface area contributed by atoms with Crippen LogP contribution in [0.4, 0.5) is 5.69 Å². The van der Waals surface area contributed by atoms with E-state index < -0.39 is 16.0 Å². The lowest BCUT2D eigenvalue weighted by molar-refractivity contribution is 0.0521. The number of aromatic nitrogens is 1. The van der Waals surface area contributed by atoms with Crippen LogP contribution in [0.5, 0.6) is 0 Å². The average Bonchev–Trinajstić information content (AvgIpc) is 2.72. The number of esters is 1. The standard InChI is InChI=1S/C17H22N2O4S/c1-6-23-17(20)15-12(4)18-13(5)16(15)24(21,22)19-14-8-10(2)7-11(3)9-14/h7-9,18-19H,6H2,1-5H3. The van der Waals surface area contributed by atoms with Crippen molar-refractivity contribution in [2.75, 3.05) is 11.3 Å². The summed E-state index contributed by atoms with van der Waals surface area (Å²) in [6.07, 6.45) is 0. The van der Waals surface area contributed by atoms with Crippen LogP contribution in [0.1, 0.15) is 39.8 Å². The zero-order valence-electron chi connectivity index (χ0n) is 14.5. The van der Waals surface area contributed by atoms with Crippen LogP contribution in [0, 0.1) is 27.7 Å². The van der Waals surface area contributed by atoms with Gasteiger partial charge in [0.15, 0.2) is 0 Å². The van der Waals surface area contributed by atoms with Crippen LogP contribution in [0.15, 0.2) is 23.1 Å². The van der Waals surface area contributed by atoms with E-state index in [9.17, 15) is 13.2 Å². The van der Waals surface area contributed by atoms with E-state index in [1.165, 1.54) is 0 Å². The molecule has 6 nitrogen and oxygen atoms in total. The molecule has 0 aliphatic carbocycles. The molecule has 0 bridgehead atoms. The molecule has 0 aliphatic rings. The number of benzene rings is 1. The topological polar surface area (TPSA) is 88.3 Å². The van der Waals surface area contributed by atoms with Gasteiger partial charge in [-0.15, -0.1) is 0 Å². The Balaban J connectivity index is 2.51. The van der Waals surface area contributed by atoms with Crippen molar-refractivity contribution < 1.29 is 17.9 Å². The molecule has 2 aromatic rings. The van der Waals surface area contributed by atoms with Crippen LogP contribution in [0.3, 0.4) is 0 Å². The van der Waals surface area contributed by atoms with Crippen molar-refractivity contribution in [1.29, 1.82) is 0 Å². The molecule has 2 rings (SSSR count). The van der Waals surface area contributed by atoms with Crippen LogP contribution in [-0.4, -0.2) is 26.0 Å². The van der Waals surface area contributed by atoms with Crippen LogP contribution in [-0.2, 0) is 14.8 Å². The highest BCUT2D eigenvalue weighted by Gasteiger charge is 2.30. The molecule has 0 fully saturated rings. The van der Waals surface area contributed by atoms with Crippen molar-refractivity contribution in [3.05, 3.63) is 46.3 Å². The van der Waals surface area contributed by atoms with E-state index in [0.717, 1.165) is 11.1 Å². The van der Waals surface area contributed by atoms with E-state index in [4.69, 9.17) is 4.74 Å². The van der Waals surface area contributed by atoms with Gasteiger partial charge in [-0.3, -0.25) is 4.72 Å². The fourth-order valence-electron chi connectivity index (χ4n) is 2.78. The highest BCUT2D eigenvalue weighted by atomic mass is 32.2. The second kappa shape index (κ2) is 6.68. The van der Waals surface area contributed by atoms with Crippen molar-refractivity contribution in [1.82, 2.24) is 4.98 Å². The molecular formula is C17H22N2O4S. The van der Waals surface area contributed by atoms with Crippen LogP contribution in [0.2, 0.25) is 0 Å². The number of H-pyrrole nitrogens is 1. The van der Waals surface area contributed by atoms with Gasteiger partial charge in [-0.05, 0) is 57.9 Å². The Bertz CT molecular complexity index is 862. The van der Waals surface area contributed by atoms with E-state index >= 15 is 0 Å². The predicted molar refractivity (Wildman–Crippen MR) is 92.9 cm³/mol. The summed E-state index contributed by atoms with van der Waals surface area (Å²) in [6, 6.07) is 5.43. The summed E-state index contributed by atoms with van der Waals surface area (Å²) < 4.78 is 33.2. The zero-order chi connectivity index (χ0) is 18.1. The minimum atomic E-state index is -3.93. The highest BCUT2D eigenvalue weighted by Crippen LogP contribution is 2.27. The number of rotatable bonds is 5. The Morgan fingerprint density at radius 1 is 1.08 bits per heavy atom. The highest BCUT2D eigenvalue weighted by molar-refractivity contribution is 7.92. The lowest BCUT2D eigenvalue weighted by Crippen LogP contribution is -2.18. The zero-order valence-corrected chi connectivity index (χ0v) is 15.3. The van der Waals surface area contributed by atoms with Gasteiger partial charge in [-0.25, -0.2) is 13.2 Å². The number of ether oxygens (including phenoxy) is 1. The molecule has 24 heavy (non-hydrogen) atoms. The van der Waals surface area contributed by atoms with Crippen LogP contribution >= 0.6 is 0 Å². The van der Waals surface area contributed by atoms with Gasteiger partial charge in [0.1, 0.15) is 10.5 Å². The molecule has 130 valence electrons. The molecule has 0 saturated carbocycles. The molecule has 0 aliphatic heterocycles. The van der Waals surface area contributed by atoms with Gasteiger partial charge in [0.2, 0.25) is 0 Å². The monoisotopic (exact) mass is 350 g/mol. The van der Waals surface area contributed by atoms with Crippen molar-refractivity contribution in [3.8, 4) is 0 Å². The van der Waals surface area contributed by atoms with Gasteiger partial charge in [-0.1, -0.05) is 6.07 Å². The summed E-state index contributed by atoms with van der Waals surface area (Å²) in [7, 11) is -3.93. The number of aromatic amines is 1. The largest absolute Gasteiger partial charge is 0.462 e. The average molecular weight is 350 g/mol. The fraction of sp³-hybridized carbons (Fsp3) is 0.353. The number of hydrogen-bond acceptors (Lipinski definition) is 4. The van der Waals surface area contributed by atoms with Crippen molar-refractivity contribution in [2.24, 2.45) is 0 Å². The summed E-state index contributed by atoms with van der Waals surface area (Å²) in [6.45, 7) is 8.89. The summed E-state index contributed by atoms with van der Waals surface area (Å²) >= 11 is 0. The van der Waals surface area contributed by atoms with Gasteiger partial charge in [0, 0.05) is 17.1 Å². The second-order valence-electron chi connectivity index (χ2n) is 5.78. The quantitative estimate of drug-likeness (QED) is 0.810. The predicted octanol–water partition coefficient (Wildman–Crippen LogP) is 3.23. The van der Waals surface area contributed by atoms with Crippen molar-refractivity contribution in [3.63, 3.8) is 0 Å². The fourth-order valence-corrected chi connectivity index (χ4v) is 4.27. The lowest BCUT2D eigenvalue weighted by atomic mass is 10.1. The summed E-state index contributed by atoms with van der Waals surface area (Å²) in [5.41, 5.74) is 3.26. The molecule has 2 N–H and O–H groups in total. The molecule has 0 spiro atoms. The molecule has 0 amide bonds. The Morgan fingerprint density at radius 2 is 1.67 bits per heavy atom. The van der Waals surface area contributed by atoms with Gasteiger partial charge in [0.25, 0.3) is 10.0 Å². The number of aryl methyl sites for hydroxylation is 4.